The number of carbonyl (C=O) groups excluding carboxylic acids is 1. The highest BCUT2D eigenvalue weighted by atomic mass is 32.2. The molecule has 2 aliphatic carbocycles. The predicted molar refractivity (Wildman–Crippen MR) is 91.3 cm³/mol. The fraction of sp³-hybridized carbons (Fsp3) is 0.312. The first kappa shape index (κ1) is 14.0. The number of benzene rings is 1. The second-order valence-corrected chi connectivity index (χ2v) is 7.77. The molecule has 1 N–H and O–H groups in total. The number of hydrazone groups is 1. The number of carbonyl (C=O) groups is 1. The van der Waals surface area contributed by atoms with Crippen LogP contribution < -0.4 is 5.43 Å². The van der Waals surface area contributed by atoms with Gasteiger partial charge < -0.3 is 0 Å². The smallest absolute Gasteiger partial charge is 0.250 e. The number of fused-ring (bicyclic) bond motifs is 2. The van der Waals surface area contributed by atoms with Gasteiger partial charge in [-0.15, -0.1) is 11.3 Å². The highest BCUT2D eigenvalue weighted by molar-refractivity contribution is 8.01. The molecule has 0 spiro atoms. The maximum absolute atomic E-state index is 11.9. The molecule has 1 amide bonds. The zero-order valence-corrected chi connectivity index (χ0v) is 13.5. The fourth-order valence-electron chi connectivity index (χ4n) is 2.87. The summed E-state index contributed by atoms with van der Waals surface area (Å²) in [5.41, 5.74) is 4.80. The first-order valence-electron chi connectivity index (χ1n) is 7.30. The van der Waals surface area contributed by atoms with Gasteiger partial charge in [0.25, 0.3) is 5.91 Å². The van der Waals surface area contributed by atoms with E-state index in [0.29, 0.717) is 17.6 Å². The lowest BCUT2D eigenvalue weighted by Crippen LogP contribution is -2.35. The number of para-hydroxylation sites is 1. The molecule has 0 saturated heterocycles. The van der Waals surface area contributed by atoms with Crippen LogP contribution >= 0.6 is 23.1 Å². The predicted octanol–water partition coefficient (Wildman–Crippen LogP) is 3.46. The Hall–Kier alpha value is -1.66. The molecule has 112 valence electrons. The largest absolute Gasteiger partial charge is 0.272 e. The number of rotatable bonds is 4. The summed E-state index contributed by atoms with van der Waals surface area (Å²) in [7, 11) is 0. The summed E-state index contributed by atoms with van der Waals surface area (Å²) in [4.78, 5) is 16.4. The third-order valence-electron chi connectivity index (χ3n) is 4.09. The van der Waals surface area contributed by atoms with E-state index in [2.05, 4.69) is 27.7 Å². The molecule has 2 atom stereocenters. The van der Waals surface area contributed by atoms with Gasteiger partial charge in [0.1, 0.15) is 0 Å². The number of hydrogen-bond acceptors (Lipinski definition) is 5. The zero-order valence-electron chi connectivity index (χ0n) is 11.9. The first-order valence-corrected chi connectivity index (χ1v) is 9.10. The van der Waals surface area contributed by atoms with E-state index in [4.69, 9.17) is 0 Å². The van der Waals surface area contributed by atoms with Gasteiger partial charge in [0.05, 0.1) is 16.0 Å². The maximum Gasteiger partial charge on any atom is 0.250 e. The Bertz CT molecular complexity index is 748. The van der Waals surface area contributed by atoms with Gasteiger partial charge in [-0.25, -0.2) is 10.4 Å². The van der Waals surface area contributed by atoms with Crippen molar-refractivity contribution in [2.45, 2.75) is 17.2 Å². The molecular weight excluding hydrogens is 314 g/mol. The Morgan fingerprint density at radius 2 is 2.36 bits per heavy atom. The quantitative estimate of drug-likeness (QED) is 0.531. The number of thioether (sulfide) groups is 1. The highest BCUT2D eigenvalue weighted by Gasteiger charge is 2.37. The SMILES string of the molecule is O=C(CSc1nc2ccccc2s1)N/N=C1/C[C@H]2C=CC[C@H]12. The lowest BCUT2D eigenvalue weighted by atomic mass is 9.74. The monoisotopic (exact) mass is 329 g/mol. The van der Waals surface area contributed by atoms with Crippen LogP contribution in [0.25, 0.3) is 10.2 Å². The van der Waals surface area contributed by atoms with Crippen LogP contribution in [0.3, 0.4) is 0 Å². The summed E-state index contributed by atoms with van der Waals surface area (Å²) in [5, 5.41) is 4.27. The number of thiazole rings is 1. The van der Waals surface area contributed by atoms with Crippen molar-refractivity contribution >= 4 is 44.9 Å². The van der Waals surface area contributed by atoms with E-state index >= 15 is 0 Å². The number of nitrogens with one attached hydrogen (secondary N) is 1. The average Bonchev–Trinajstić information content (AvgIpc) is 3.09. The molecular formula is C16H15N3OS2. The molecule has 0 aliphatic heterocycles. The molecule has 2 aliphatic rings. The van der Waals surface area contributed by atoms with E-state index in [1.807, 2.05) is 24.3 Å². The van der Waals surface area contributed by atoms with E-state index in [-0.39, 0.29) is 5.91 Å². The molecule has 1 fully saturated rings. The molecule has 1 heterocycles. The van der Waals surface area contributed by atoms with Crippen LogP contribution in [0, 0.1) is 11.8 Å². The lowest BCUT2D eigenvalue weighted by Gasteiger charge is -2.31. The van der Waals surface area contributed by atoms with Crippen molar-refractivity contribution in [3.05, 3.63) is 36.4 Å². The molecule has 0 radical (unpaired) electrons. The molecule has 1 aromatic heterocycles. The molecule has 0 bridgehead atoms. The zero-order chi connectivity index (χ0) is 14.9. The van der Waals surface area contributed by atoms with Crippen LogP contribution in [0.15, 0.2) is 45.9 Å². The molecule has 0 unspecified atom stereocenters. The minimum absolute atomic E-state index is 0.0637. The first-order chi connectivity index (χ1) is 10.8. The number of allylic oxidation sites excluding steroid dienone is 2. The van der Waals surface area contributed by atoms with Crippen molar-refractivity contribution in [1.29, 1.82) is 0 Å². The van der Waals surface area contributed by atoms with Crippen LogP contribution in [0.4, 0.5) is 0 Å². The Morgan fingerprint density at radius 1 is 1.45 bits per heavy atom. The number of amides is 1. The maximum atomic E-state index is 11.9. The highest BCUT2D eigenvalue weighted by Crippen LogP contribution is 2.40. The minimum Gasteiger partial charge on any atom is -0.272 e. The van der Waals surface area contributed by atoms with Gasteiger partial charge in [-0.3, -0.25) is 4.79 Å². The normalized spacial score (nSPS) is 24.5. The van der Waals surface area contributed by atoms with Crippen LogP contribution in [0.1, 0.15) is 12.8 Å². The summed E-state index contributed by atoms with van der Waals surface area (Å²) in [6.45, 7) is 0. The Morgan fingerprint density at radius 3 is 3.23 bits per heavy atom. The summed E-state index contributed by atoms with van der Waals surface area (Å²) in [5.74, 6) is 1.49. The van der Waals surface area contributed by atoms with Crippen LogP contribution in [-0.2, 0) is 4.79 Å². The average molecular weight is 329 g/mol. The van der Waals surface area contributed by atoms with Crippen LogP contribution in [0.5, 0.6) is 0 Å². The van der Waals surface area contributed by atoms with Crippen LogP contribution in [-0.4, -0.2) is 22.4 Å². The van der Waals surface area contributed by atoms with E-state index in [1.165, 1.54) is 11.8 Å². The molecule has 4 nitrogen and oxygen atoms in total. The topological polar surface area (TPSA) is 54.4 Å². The molecule has 1 aromatic carbocycles. The van der Waals surface area contributed by atoms with Gasteiger partial charge in [0.15, 0.2) is 4.34 Å². The number of hydrogen-bond donors (Lipinski definition) is 1. The van der Waals surface area contributed by atoms with Crippen molar-refractivity contribution in [2.75, 3.05) is 5.75 Å². The van der Waals surface area contributed by atoms with E-state index in [9.17, 15) is 4.79 Å². The van der Waals surface area contributed by atoms with Crippen molar-refractivity contribution in [2.24, 2.45) is 16.9 Å². The number of nitrogens with zero attached hydrogens (tertiary/aromatic N) is 2. The second-order valence-electron chi connectivity index (χ2n) is 5.51. The van der Waals surface area contributed by atoms with Crippen LogP contribution in [0.2, 0.25) is 0 Å². The van der Waals surface area contributed by atoms with Crippen molar-refractivity contribution in [3.8, 4) is 0 Å². The molecule has 4 rings (SSSR count). The summed E-state index contributed by atoms with van der Waals surface area (Å²) < 4.78 is 2.08. The summed E-state index contributed by atoms with van der Waals surface area (Å²) >= 11 is 3.08. The summed E-state index contributed by atoms with van der Waals surface area (Å²) in [6, 6.07) is 8.01. The van der Waals surface area contributed by atoms with Gasteiger partial charge >= 0.3 is 0 Å². The summed E-state index contributed by atoms with van der Waals surface area (Å²) in [6.07, 6.45) is 6.53. The second kappa shape index (κ2) is 5.85. The van der Waals surface area contributed by atoms with E-state index < -0.39 is 0 Å². The minimum atomic E-state index is -0.0637. The standard InChI is InChI=1S/C16H15N3OS2/c20-15(19-18-13-8-10-4-3-5-11(10)13)9-21-16-17-12-6-1-2-7-14(12)22-16/h1-4,6-7,10-11H,5,8-9H2,(H,19,20)/b18-13-/t10-,11+/m1/s1. The van der Waals surface area contributed by atoms with Crippen molar-refractivity contribution in [3.63, 3.8) is 0 Å². The Balaban J connectivity index is 1.30. The molecule has 22 heavy (non-hydrogen) atoms. The van der Waals surface area contributed by atoms with E-state index in [0.717, 1.165) is 33.1 Å². The van der Waals surface area contributed by atoms with Crippen molar-refractivity contribution in [1.82, 2.24) is 10.4 Å². The van der Waals surface area contributed by atoms with Gasteiger partial charge in [-0.05, 0) is 30.9 Å². The van der Waals surface area contributed by atoms with Gasteiger partial charge in [-0.2, -0.15) is 5.10 Å². The molecule has 6 heteroatoms. The van der Waals surface area contributed by atoms with Gasteiger partial charge in [-0.1, -0.05) is 36.0 Å². The Kier molecular flexibility index (Phi) is 3.72. The third-order valence-corrected chi connectivity index (χ3v) is 6.27. The third kappa shape index (κ3) is 2.68. The van der Waals surface area contributed by atoms with Gasteiger partial charge in [0.2, 0.25) is 0 Å². The molecule has 2 aromatic rings. The van der Waals surface area contributed by atoms with Gasteiger partial charge in [0, 0.05) is 11.6 Å². The van der Waals surface area contributed by atoms with Crippen molar-refractivity contribution < 1.29 is 4.79 Å². The Labute approximate surface area is 136 Å². The fourth-order valence-corrected chi connectivity index (χ4v) is 4.73. The van der Waals surface area contributed by atoms with E-state index in [1.54, 1.807) is 11.3 Å². The molecule has 1 saturated carbocycles. The number of aromatic nitrogens is 1. The lowest BCUT2D eigenvalue weighted by molar-refractivity contribution is -0.118.